The maximum atomic E-state index is 11.8. The van der Waals surface area contributed by atoms with Gasteiger partial charge < -0.3 is 11.1 Å². The van der Waals surface area contributed by atoms with Gasteiger partial charge in [-0.2, -0.15) is 0 Å². The number of hydrogen-bond acceptors (Lipinski definition) is 4. The van der Waals surface area contributed by atoms with E-state index in [9.17, 15) is 14.9 Å². The molecule has 0 aliphatic carbocycles. The summed E-state index contributed by atoms with van der Waals surface area (Å²) in [6.07, 6.45) is 0.234. The van der Waals surface area contributed by atoms with Crippen molar-refractivity contribution in [3.05, 3.63) is 64.2 Å². The van der Waals surface area contributed by atoms with Gasteiger partial charge in [0.05, 0.1) is 11.3 Å². The summed E-state index contributed by atoms with van der Waals surface area (Å²) < 4.78 is 0. The molecule has 20 heavy (non-hydrogen) atoms. The maximum absolute atomic E-state index is 11.8. The van der Waals surface area contributed by atoms with Crippen LogP contribution < -0.4 is 11.1 Å². The summed E-state index contributed by atoms with van der Waals surface area (Å²) in [5, 5.41) is 13.3. The Hall–Kier alpha value is -2.89. The average molecular weight is 271 g/mol. The van der Waals surface area contributed by atoms with Crippen LogP contribution in [-0.4, -0.2) is 10.8 Å². The fourth-order valence-corrected chi connectivity index (χ4v) is 1.78. The Labute approximate surface area is 115 Å². The summed E-state index contributed by atoms with van der Waals surface area (Å²) in [5.41, 5.74) is 6.73. The predicted octanol–water partition coefficient (Wildman–Crippen LogP) is 2.36. The Kier molecular flexibility index (Phi) is 3.95. The molecule has 1 amide bonds. The molecule has 2 aromatic rings. The number of nitro groups is 1. The smallest absolute Gasteiger partial charge is 0.292 e. The van der Waals surface area contributed by atoms with Crippen molar-refractivity contribution in [2.75, 3.05) is 11.1 Å². The molecule has 0 spiro atoms. The van der Waals surface area contributed by atoms with Gasteiger partial charge in [-0.1, -0.05) is 30.3 Å². The van der Waals surface area contributed by atoms with Crippen LogP contribution in [0.1, 0.15) is 5.56 Å². The standard InChI is InChI=1S/C14H13N3O3/c15-12-9-11(6-7-13(12)17(19)20)16-14(18)8-10-4-2-1-3-5-10/h1-7,9H,8,15H2,(H,16,18). The van der Waals surface area contributed by atoms with Crippen molar-refractivity contribution in [2.45, 2.75) is 6.42 Å². The number of hydrogen-bond donors (Lipinski definition) is 2. The van der Waals surface area contributed by atoms with E-state index < -0.39 is 4.92 Å². The van der Waals surface area contributed by atoms with Crippen molar-refractivity contribution < 1.29 is 9.72 Å². The van der Waals surface area contributed by atoms with Gasteiger partial charge in [-0.25, -0.2) is 0 Å². The Morgan fingerprint density at radius 2 is 1.90 bits per heavy atom. The number of carbonyl (C=O) groups excluding carboxylic acids is 1. The molecule has 0 saturated carbocycles. The van der Waals surface area contributed by atoms with Crippen LogP contribution in [0.4, 0.5) is 17.1 Å². The molecule has 0 radical (unpaired) electrons. The van der Waals surface area contributed by atoms with Crippen molar-refractivity contribution in [3.8, 4) is 0 Å². The summed E-state index contributed by atoms with van der Waals surface area (Å²) >= 11 is 0. The third-order valence-corrected chi connectivity index (χ3v) is 2.72. The van der Waals surface area contributed by atoms with Crippen LogP contribution in [-0.2, 0) is 11.2 Å². The highest BCUT2D eigenvalue weighted by Gasteiger charge is 2.12. The lowest BCUT2D eigenvalue weighted by Gasteiger charge is -2.06. The SMILES string of the molecule is Nc1cc(NC(=O)Cc2ccccc2)ccc1[N+](=O)[O-]. The fourth-order valence-electron chi connectivity index (χ4n) is 1.78. The summed E-state index contributed by atoms with van der Waals surface area (Å²) in [6, 6.07) is 13.4. The van der Waals surface area contributed by atoms with Gasteiger partial charge in [0.15, 0.2) is 0 Å². The monoisotopic (exact) mass is 271 g/mol. The molecule has 6 nitrogen and oxygen atoms in total. The summed E-state index contributed by atoms with van der Waals surface area (Å²) in [4.78, 5) is 21.9. The van der Waals surface area contributed by atoms with Crippen LogP contribution in [0.2, 0.25) is 0 Å². The zero-order valence-electron chi connectivity index (χ0n) is 10.6. The number of nitrogens with two attached hydrogens (primary N) is 1. The second-order valence-corrected chi connectivity index (χ2v) is 4.24. The third kappa shape index (κ3) is 3.32. The van der Waals surface area contributed by atoms with E-state index in [4.69, 9.17) is 5.73 Å². The molecule has 0 unspecified atom stereocenters. The van der Waals surface area contributed by atoms with Crippen molar-refractivity contribution in [2.24, 2.45) is 0 Å². The van der Waals surface area contributed by atoms with Crippen LogP contribution in [0.5, 0.6) is 0 Å². The van der Waals surface area contributed by atoms with Crippen LogP contribution in [0.25, 0.3) is 0 Å². The van der Waals surface area contributed by atoms with Crippen LogP contribution in [0.15, 0.2) is 48.5 Å². The molecule has 0 aliphatic rings. The molecule has 2 rings (SSSR count). The predicted molar refractivity (Wildman–Crippen MR) is 76.3 cm³/mol. The normalized spacial score (nSPS) is 10.0. The minimum Gasteiger partial charge on any atom is -0.393 e. The number of nitrogen functional groups attached to an aromatic ring is 1. The Bertz CT molecular complexity index is 641. The van der Waals surface area contributed by atoms with Crippen molar-refractivity contribution in [1.82, 2.24) is 0 Å². The van der Waals surface area contributed by atoms with Gasteiger partial charge in [0, 0.05) is 11.8 Å². The molecule has 0 aromatic heterocycles. The van der Waals surface area contributed by atoms with Gasteiger partial charge in [0.25, 0.3) is 5.69 Å². The zero-order valence-corrected chi connectivity index (χ0v) is 10.6. The molecular formula is C14H13N3O3. The highest BCUT2D eigenvalue weighted by molar-refractivity contribution is 5.93. The average Bonchev–Trinajstić information content (AvgIpc) is 2.39. The molecule has 0 atom stereocenters. The first kappa shape index (κ1) is 13.5. The number of nitrogens with one attached hydrogen (secondary N) is 1. The van der Waals surface area contributed by atoms with Gasteiger partial charge in [-0.3, -0.25) is 14.9 Å². The van der Waals surface area contributed by atoms with E-state index in [1.54, 1.807) is 0 Å². The number of amides is 1. The first-order chi connectivity index (χ1) is 9.56. The molecule has 0 saturated heterocycles. The van der Waals surface area contributed by atoms with Gasteiger partial charge in [-0.15, -0.1) is 0 Å². The topological polar surface area (TPSA) is 98.3 Å². The van der Waals surface area contributed by atoms with E-state index >= 15 is 0 Å². The van der Waals surface area contributed by atoms with E-state index in [0.717, 1.165) is 5.56 Å². The minimum absolute atomic E-state index is 0.0208. The first-order valence-corrected chi connectivity index (χ1v) is 5.94. The lowest BCUT2D eigenvalue weighted by Crippen LogP contribution is -2.14. The van der Waals surface area contributed by atoms with Crippen LogP contribution >= 0.6 is 0 Å². The molecule has 102 valence electrons. The largest absolute Gasteiger partial charge is 0.393 e. The second kappa shape index (κ2) is 5.83. The number of carbonyl (C=O) groups is 1. The minimum atomic E-state index is -0.565. The summed E-state index contributed by atoms with van der Waals surface area (Å²) in [7, 11) is 0. The van der Waals surface area contributed by atoms with Gasteiger partial charge in [-0.05, 0) is 17.7 Å². The molecule has 6 heteroatoms. The van der Waals surface area contributed by atoms with Crippen molar-refractivity contribution >= 4 is 23.0 Å². The lowest BCUT2D eigenvalue weighted by atomic mass is 10.1. The quantitative estimate of drug-likeness (QED) is 0.506. The van der Waals surface area contributed by atoms with Crippen LogP contribution in [0.3, 0.4) is 0 Å². The summed E-state index contributed by atoms with van der Waals surface area (Å²) in [6.45, 7) is 0. The third-order valence-electron chi connectivity index (χ3n) is 2.72. The number of nitrogens with zero attached hydrogens (tertiary/aromatic N) is 1. The molecule has 3 N–H and O–H groups in total. The van der Waals surface area contributed by atoms with Crippen molar-refractivity contribution in [3.63, 3.8) is 0 Å². The fraction of sp³-hybridized carbons (Fsp3) is 0.0714. The van der Waals surface area contributed by atoms with E-state index in [-0.39, 0.29) is 23.7 Å². The van der Waals surface area contributed by atoms with E-state index in [1.165, 1.54) is 18.2 Å². The number of nitro benzene ring substituents is 1. The number of rotatable bonds is 4. The van der Waals surface area contributed by atoms with Gasteiger partial charge in [0.2, 0.25) is 5.91 Å². The first-order valence-electron chi connectivity index (χ1n) is 5.94. The Morgan fingerprint density at radius 3 is 2.50 bits per heavy atom. The second-order valence-electron chi connectivity index (χ2n) is 4.24. The van der Waals surface area contributed by atoms with Gasteiger partial charge in [0.1, 0.15) is 5.69 Å². The van der Waals surface area contributed by atoms with E-state index in [1.807, 2.05) is 30.3 Å². The number of benzene rings is 2. The highest BCUT2D eigenvalue weighted by atomic mass is 16.6. The van der Waals surface area contributed by atoms with E-state index in [0.29, 0.717) is 5.69 Å². The van der Waals surface area contributed by atoms with Gasteiger partial charge >= 0.3 is 0 Å². The van der Waals surface area contributed by atoms with Crippen molar-refractivity contribution in [1.29, 1.82) is 0 Å². The molecule has 0 heterocycles. The molecule has 0 aliphatic heterocycles. The molecule has 2 aromatic carbocycles. The Morgan fingerprint density at radius 1 is 1.20 bits per heavy atom. The Balaban J connectivity index is 2.05. The van der Waals surface area contributed by atoms with E-state index in [2.05, 4.69) is 5.32 Å². The lowest BCUT2D eigenvalue weighted by molar-refractivity contribution is -0.383. The van der Waals surface area contributed by atoms with Crippen LogP contribution in [0, 0.1) is 10.1 Å². The molecule has 0 fully saturated rings. The summed E-state index contributed by atoms with van der Waals surface area (Å²) in [5.74, 6) is -0.204. The zero-order chi connectivity index (χ0) is 14.5. The maximum Gasteiger partial charge on any atom is 0.292 e. The highest BCUT2D eigenvalue weighted by Crippen LogP contribution is 2.24. The number of anilines is 2. The molecular weight excluding hydrogens is 258 g/mol. The molecule has 0 bridgehead atoms.